The van der Waals surface area contributed by atoms with Crippen LogP contribution in [0.15, 0.2) is 5.38 Å². The normalized spacial score (nSPS) is 27.5. The number of nitrogens with one attached hydrogen (secondary N) is 2. The Kier molecular flexibility index (Phi) is 3.60. The Bertz CT molecular complexity index is 531. The molecule has 20 heavy (non-hydrogen) atoms. The molecular formula is C13H17N3O3S. The molecule has 3 unspecified atom stereocenters. The number of rotatable bonds is 4. The van der Waals surface area contributed by atoms with Gasteiger partial charge in [-0.15, -0.1) is 11.3 Å². The fourth-order valence-electron chi connectivity index (χ4n) is 3.29. The lowest BCUT2D eigenvalue weighted by atomic mass is 9.95. The Labute approximate surface area is 120 Å². The predicted octanol–water partition coefficient (Wildman–Crippen LogP) is 1.83. The van der Waals surface area contributed by atoms with E-state index in [0.29, 0.717) is 17.0 Å². The number of fused-ring (bicyclic) bond motifs is 2. The SMILES string of the molecule is O=C(NCc1nc(C(=O)O)cs1)NC1CC2CCC1C2. The summed E-state index contributed by atoms with van der Waals surface area (Å²) in [5, 5.41) is 16.6. The van der Waals surface area contributed by atoms with Crippen molar-refractivity contribution in [1.82, 2.24) is 15.6 Å². The van der Waals surface area contributed by atoms with Crippen molar-refractivity contribution >= 4 is 23.3 Å². The van der Waals surface area contributed by atoms with Crippen molar-refractivity contribution in [2.75, 3.05) is 0 Å². The van der Waals surface area contributed by atoms with E-state index in [9.17, 15) is 9.59 Å². The van der Waals surface area contributed by atoms with Crippen LogP contribution in [0.4, 0.5) is 4.79 Å². The fourth-order valence-corrected chi connectivity index (χ4v) is 3.99. The number of carbonyl (C=O) groups is 2. The summed E-state index contributed by atoms with van der Waals surface area (Å²) in [6.07, 6.45) is 4.88. The van der Waals surface area contributed by atoms with Crippen LogP contribution in [0.25, 0.3) is 0 Å². The molecule has 2 saturated carbocycles. The molecule has 2 fully saturated rings. The first kappa shape index (κ1) is 13.4. The van der Waals surface area contributed by atoms with Crippen molar-refractivity contribution in [3.63, 3.8) is 0 Å². The molecule has 3 atom stereocenters. The summed E-state index contributed by atoms with van der Waals surface area (Å²) in [5.41, 5.74) is 0.0281. The molecule has 0 saturated heterocycles. The van der Waals surface area contributed by atoms with Crippen LogP contribution in [-0.4, -0.2) is 28.1 Å². The molecule has 2 amide bonds. The third kappa shape index (κ3) is 2.77. The molecule has 2 aliphatic rings. The smallest absolute Gasteiger partial charge is 0.355 e. The maximum Gasteiger partial charge on any atom is 0.355 e. The Morgan fingerprint density at radius 1 is 1.40 bits per heavy atom. The number of nitrogens with zero attached hydrogens (tertiary/aromatic N) is 1. The van der Waals surface area contributed by atoms with Crippen molar-refractivity contribution in [2.45, 2.75) is 38.3 Å². The Morgan fingerprint density at radius 2 is 2.25 bits per heavy atom. The molecule has 1 heterocycles. The van der Waals surface area contributed by atoms with Gasteiger partial charge in [-0.3, -0.25) is 0 Å². The maximum absolute atomic E-state index is 11.8. The number of thiazole rings is 1. The van der Waals surface area contributed by atoms with Gasteiger partial charge in [-0.1, -0.05) is 6.42 Å². The molecule has 0 radical (unpaired) electrons. The number of amides is 2. The molecule has 0 aliphatic heterocycles. The van der Waals surface area contributed by atoms with Gasteiger partial charge in [0.05, 0.1) is 6.54 Å². The van der Waals surface area contributed by atoms with Gasteiger partial charge in [0.1, 0.15) is 5.01 Å². The molecule has 6 nitrogen and oxygen atoms in total. The van der Waals surface area contributed by atoms with E-state index in [1.807, 2.05) is 0 Å². The summed E-state index contributed by atoms with van der Waals surface area (Å²) >= 11 is 1.24. The lowest BCUT2D eigenvalue weighted by molar-refractivity contribution is 0.0691. The summed E-state index contributed by atoms with van der Waals surface area (Å²) in [5.74, 6) is 0.394. The van der Waals surface area contributed by atoms with E-state index >= 15 is 0 Å². The first-order chi connectivity index (χ1) is 9.61. The van der Waals surface area contributed by atoms with Gasteiger partial charge in [-0.2, -0.15) is 0 Å². The molecule has 3 rings (SSSR count). The van der Waals surface area contributed by atoms with Crippen LogP contribution in [0.5, 0.6) is 0 Å². The standard InChI is InChI=1S/C13H17N3O3S/c17-12(18)10-6-20-11(15-10)5-14-13(19)16-9-4-7-1-2-8(9)3-7/h6-9H,1-5H2,(H,17,18)(H2,14,16,19). The quantitative estimate of drug-likeness (QED) is 0.790. The number of carboxylic acid groups (broad SMARTS) is 1. The van der Waals surface area contributed by atoms with Crippen LogP contribution in [0, 0.1) is 11.8 Å². The zero-order valence-corrected chi connectivity index (χ0v) is 11.8. The van der Waals surface area contributed by atoms with Crippen molar-refractivity contribution in [3.8, 4) is 0 Å². The average Bonchev–Trinajstić information content (AvgIpc) is 3.12. The topological polar surface area (TPSA) is 91.3 Å². The van der Waals surface area contributed by atoms with Crippen LogP contribution in [-0.2, 0) is 6.54 Å². The molecule has 2 aliphatic carbocycles. The van der Waals surface area contributed by atoms with Gasteiger partial charge >= 0.3 is 12.0 Å². The first-order valence-corrected chi connectivity index (χ1v) is 7.72. The minimum atomic E-state index is -1.04. The monoisotopic (exact) mass is 295 g/mol. The molecule has 0 aromatic carbocycles. The third-order valence-electron chi connectivity index (χ3n) is 4.23. The van der Waals surface area contributed by atoms with Gasteiger partial charge in [0.2, 0.25) is 0 Å². The summed E-state index contributed by atoms with van der Waals surface area (Å²) in [7, 11) is 0. The van der Waals surface area contributed by atoms with E-state index in [0.717, 1.165) is 12.3 Å². The van der Waals surface area contributed by atoms with E-state index in [1.54, 1.807) is 0 Å². The number of aromatic carboxylic acids is 1. The van der Waals surface area contributed by atoms with Crippen LogP contribution in [0.3, 0.4) is 0 Å². The highest BCUT2D eigenvalue weighted by molar-refractivity contribution is 7.09. The largest absolute Gasteiger partial charge is 0.476 e. The molecule has 0 spiro atoms. The Hall–Kier alpha value is -1.63. The van der Waals surface area contributed by atoms with E-state index in [-0.39, 0.29) is 18.3 Å². The van der Waals surface area contributed by atoms with Gasteiger partial charge in [0.25, 0.3) is 0 Å². The van der Waals surface area contributed by atoms with E-state index in [2.05, 4.69) is 15.6 Å². The number of aromatic nitrogens is 1. The van der Waals surface area contributed by atoms with E-state index in [4.69, 9.17) is 5.11 Å². The lowest BCUT2D eigenvalue weighted by Gasteiger charge is -2.22. The molecule has 2 bridgehead atoms. The zero-order chi connectivity index (χ0) is 14.1. The molecule has 3 N–H and O–H groups in total. The van der Waals surface area contributed by atoms with Crippen LogP contribution < -0.4 is 10.6 Å². The lowest BCUT2D eigenvalue weighted by Crippen LogP contribution is -2.44. The minimum Gasteiger partial charge on any atom is -0.476 e. The second-order valence-electron chi connectivity index (χ2n) is 5.54. The summed E-state index contributed by atoms with van der Waals surface area (Å²) in [6.45, 7) is 0.268. The average molecular weight is 295 g/mol. The molecule has 108 valence electrons. The third-order valence-corrected chi connectivity index (χ3v) is 5.07. The zero-order valence-electron chi connectivity index (χ0n) is 11.0. The highest BCUT2D eigenvalue weighted by Crippen LogP contribution is 2.44. The van der Waals surface area contributed by atoms with Crippen LogP contribution in [0.2, 0.25) is 0 Å². The highest BCUT2D eigenvalue weighted by atomic mass is 32.1. The first-order valence-electron chi connectivity index (χ1n) is 6.84. The highest BCUT2D eigenvalue weighted by Gasteiger charge is 2.40. The number of carbonyl (C=O) groups excluding carboxylic acids is 1. The molecule has 1 aromatic heterocycles. The second-order valence-corrected chi connectivity index (χ2v) is 6.48. The van der Waals surface area contributed by atoms with E-state index < -0.39 is 5.97 Å². The van der Waals surface area contributed by atoms with Gasteiger partial charge < -0.3 is 15.7 Å². The minimum absolute atomic E-state index is 0.0281. The maximum atomic E-state index is 11.8. The Morgan fingerprint density at radius 3 is 2.85 bits per heavy atom. The van der Waals surface area contributed by atoms with Gasteiger partial charge in [0, 0.05) is 11.4 Å². The van der Waals surface area contributed by atoms with Gasteiger partial charge in [0.15, 0.2) is 5.69 Å². The Balaban J connectivity index is 1.46. The van der Waals surface area contributed by atoms with Crippen LogP contribution in [0.1, 0.15) is 41.2 Å². The summed E-state index contributed by atoms with van der Waals surface area (Å²) in [6, 6.07) is 0.120. The van der Waals surface area contributed by atoms with Crippen molar-refractivity contribution in [1.29, 1.82) is 0 Å². The van der Waals surface area contributed by atoms with Gasteiger partial charge in [-0.05, 0) is 31.1 Å². The molecule has 1 aromatic rings. The van der Waals surface area contributed by atoms with Gasteiger partial charge in [-0.25, -0.2) is 14.6 Å². The molecule has 7 heteroatoms. The van der Waals surface area contributed by atoms with Crippen molar-refractivity contribution < 1.29 is 14.7 Å². The summed E-state index contributed by atoms with van der Waals surface area (Å²) < 4.78 is 0. The number of urea groups is 1. The second kappa shape index (κ2) is 5.40. The van der Waals surface area contributed by atoms with Crippen molar-refractivity contribution in [2.24, 2.45) is 11.8 Å². The van der Waals surface area contributed by atoms with Crippen LogP contribution >= 0.6 is 11.3 Å². The van der Waals surface area contributed by atoms with E-state index in [1.165, 1.54) is 36.0 Å². The number of hydrogen-bond donors (Lipinski definition) is 3. The fraction of sp³-hybridized carbons (Fsp3) is 0.615. The molecular weight excluding hydrogens is 278 g/mol. The predicted molar refractivity (Wildman–Crippen MR) is 73.7 cm³/mol. The van der Waals surface area contributed by atoms with Crippen molar-refractivity contribution in [3.05, 3.63) is 16.1 Å². The number of hydrogen-bond acceptors (Lipinski definition) is 4. The number of carboxylic acids is 1. The summed E-state index contributed by atoms with van der Waals surface area (Å²) in [4.78, 5) is 26.5.